The van der Waals surface area contributed by atoms with Crippen molar-refractivity contribution >= 4 is 5.91 Å². The number of halogens is 1. The molecule has 0 bridgehead atoms. The van der Waals surface area contributed by atoms with Crippen LogP contribution in [-0.2, 0) is 6.54 Å². The largest absolute Gasteiger partial charge is 0.330 e. The zero-order chi connectivity index (χ0) is 11.8. The van der Waals surface area contributed by atoms with Crippen molar-refractivity contribution in [3.05, 3.63) is 35.1 Å². The third-order valence-electron chi connectivity index (χ3n) is 3.62. The van der Waals surface area contributed by atoms with Crippen LogP contribution in [0.25, 0.3) is 0 Å². The minimum absolute atomic E-state index is 0.0202. The molecule has 2 aliphatic rings. The molecule has 0 aromatic heterocycles. The molecule has 0 unspecified atom stereocenters. The summed E-state index contributed by atoms with van der Waals surface area (Å²) < 4.78 is 13.1. The fourth-order valence-electron chi connectivity index (χ4n) is 2.69. The Hall–Kier alpha value is -1.42. The van der Waals surface area contributed by atoms with Crippen LogP contribution in [0.3, 0.4) is 0 Å². The van der Waals surface area contributed by atoms with Gasteiger partial charge in [0.1, 0.15) is 5.82 Å². The van der Waals surface area contributed by atoms with Crippen LogP contribution < -0.4 is 5.32 Å². The van der Waals surface area contributed by atoms with Crippen LogP contribution in [0.1, 0.15) is 28.8 Å². The molecule has 1 aromatic carbocycles. The first-order chi connectivity index (χ1) is 8.25. The minimum atomic E-state index is -0.333. The van der Waals surface area contributed by atoms with Gasteiger partial charge in [0, 0.05) is 24.7 Å². The van der Waals surface area contributed by atoms with Gasteiger partial charge in [-0.15, -0.1) is 0 Å². The van der Waals surface area contributed by atoms with E-state index in [1.165, 1.54) is 12.1 Å². The summed E-state index contributed by atoms with van der Waals surface area (Å²) in [5, 5.41) is 3.30. The predicted octanol–water partition coefficient (Wildman–Crippen LogP) is 1.53. The average Bonchev–Trinajstić information content (AvgIpc) is 2.68. The summed E-state index contributed by atoms with van der Waals surface area (Å²) in [6.07, 6.45) is 2.13. The molecule has 1 fully saturated rings. The second kappa shape index (κ2) is 4.11. The van der Waals surface area contributed by atoms with E-state index in [0.717, 1.165) is 31.5 Å². The maximum atomic E-state index is 13.1. The lowest BCUT2D eigenvalue weighted by molar-refractivity contribution is 0.0674. The molecule has 0 spiro atoms. The number of nitrogens with zero attached hydrogens (tertiary/aromatic N) is 1. The molecule has 3 nitrogen and oxygen atoms in total. The van der Waals surface area contributed by atoms with Crippen molar-refractivity contribution in [2.75, 3.05) is 13.1 Å². The Morgan fingerprint density at radius 1 is 1.41 bits per heavy atom. The molecule has 0 saturated carbocycles. The second-order valence-corrected chi connectivity index (χ2v) is 4.73. The number of rotatable bonds is 1. The predicted molar refractivity (Wildman–Crippen MR) is 62.2 cm³/mol. The zero-order valence-electron chi connectivity index (χ0n) is 9.58. The van der Waals surface area contributed by atoms with E-state index in [0.29, 0.717) is 12.1 Å². The number of carbonyl (C=O) groups is 1. The summed E-state index contributed by atoms with van der Waals surface area (Å²) in [6, 6.07) is 4.76. The van der Waals surface area contributed by atoms with Crippen molar-refractivity contribution in [2.24, 2.45) is 0 Å². The molecule has 90 valence electrons. The first-order valence-corrected chi connectivity index (χ1v) is 6.06. The quantitative estimate of drug-likeness (QED) is 0.799. The number of amides is 1. The van der Waals surface area contributed by atoms with Crippen LogP contribution in [-0.4, -0.2) is 29.9 Å². The summed E-state index contributed by atoms with van der Waals surface area (Å²) in [6.45, 7) is 2.50. The molecular formula is C13H15FN2O. The van der Waals surface area contributed by atoms with Gasteiger partial charge < -0.3 is 10.2 Å². The molecule has 1 aromatic rings. The number of nitrogens with one attached hydrogen (secondary N) is 1. The van der Waals surface area contributed by atoms with E-state index in [-0.39, 0.29) is 17.8 Å². The zero-order valence-corrected chi connectivity index (χ0v) is 9.58. The van der Waals surface area contributed by atoms with Gasteiger partial charge in [0.25, 0.3) is 5.91 Å². The molecule has 1 saturated heterocycles. The SMILES string of the molecule is O=C1c2cc(F)ccc2CN1[C@@H]1CCCNC1. The average molecular weight is 234 g/mol. The summed E-state index contributed by atoms with van der Waals surface area (Å²) in [7, 11) is 0. The number of piperidine rings is 1. The fourth-order valence-corrected chi connectivity index (χ4v) is 2.69. The maximum absolute atomic E-state index is 13.1. The minimum Gasteiger partial charge on any atom is -0.330 e. The molecule has 3 rings (SSSR count). The lowest BCUT2D eigenvalue weighted by atomic mass is 10.1. The summed E-state index contributed by atoms with van der Waals surface area (Å²) >= 11 is 0. The van der Waals surface area contributed by atoms with Crippen LogP contribution in [0.15, 0.2) is 18.2 Å². The third-order valence-corrected chi connectivity index (χ3v) is 3.62. The van der Waals surface area contributed by atoms with Gasteiger partial charge in [-0.05, 0) is 37.1 Å². The maximum Gasteiger partial charge on any atom is 0.254 e. The Bertz CT molecular complexity index is 455. The summed E-state index contributed by atoms with van der Waals surface area (Å²) in [4.78, 5) is 14.1. The number of benzene rings is 1. The molecule has 1 amide bonds. The van der Waals surface area contributed by atoms with Gasteiger partial charge in [0.05, 0.1) is 0 Å². The number of carbonyl (C=O) groups excluding carboxylic acids is 1. The van der Waals surface area contributed by atoms with Crippen molar-refractivity contribution in [3.63, 3.8) is 0 Å². The van der Waals surface area contributed by atoms with Gasteiger partial charge in [-0.25, -0.2) is 4.39 Å². The van der Waals surface area contributed by atoms with E-state index < -0.39 is 0 Å². The standard InChI is InChI=1S/C13H15FN2O/c14-10-4-3-9-8-16(13(17)12(9)6-10)11-2-1-5-15-7-11/h3-4,6,11,15H,1-2,5,7-8H2/t11-/m1/s1. The normalized spacial score (nSPS) is 23.9. The van der Waals surface area contributed by atoms with E-state index in [9.17, 15) is 9.18 Å². The van der Waals surface area contributed by atoms with Gasteiger partial charge in [-0.1, -0.05) is 6.07 Å². The van der Waals surface area contributed by atoms with E-state index in [2.05, 4.69) is 5.32 Å². The summed E-state index contributed by atoms with van der Waals surface area (Å²) in [5.41, 5.74) is 1.48. The van der Waals surface area contributed by atoms with E-state index in [1.54, 1.807) is 6.07 Å². The third kappa shape index (κ3) is 1.82. The van der Waals surface area contributed by atoms with Gasteiger partial charge in [0.15, 0.2) is 0 Å². The monoisotopic (exact) mass is 234 g/mol. The van der Waals surface area contributed by atoms with E-state index in [4.69, 9.17) is 0 Å². The van der Waals surface area contributed by atoms with Crippen LogP contribution in [0.4, 0.5) is 4.39 Å². The molecule has 0 aliphatic carbocycles. The van der Waals surface area contributed by atoms with E-state index >= 15 is 0 Å². The Morgan fingerprint density at radius 2 is 2.29 bits per heavy atom. The second-order valence-electron chi connectivity index (χ2n) is 4.73. The van der Waals surface area contributed by atoms with Crippen LogP contribution in [0.2, 0.25) is 0 Å². The molecule has 2 aliphatic heterocycles. The molecule has 4 heteroatoms. The fraction of sp³-hybridized carbons (Fsp3) is 0.462. The number of hydrogen-bond donors (Lipinski definition) is 1. The van der Waals surface area contributed by atoms with Gasteiger partial charge in [-0.3, -0.25) is 4.79 Å². The van der Waals surface area contributed by atoms with Gasteiger partial charge >= 0.3 is 0 Å². The highest BCUT2D eigenvalue weighted by atomic mass is 19.1. The van der Waals surface area contributed by atoms with Crippen molar-refractivity contribution < 1.29 is 9.18 Å². The highest BCUT2D eigenvalue weighted by Crippen LogP contribution is 2.27. The number of fused-ring (bicyclic) bond motifs is 1. The molecular weight excluding hydrogens is 219 g/mol. The first-order valence-electron chi connectivity index (χ1n) is 6.06. The highest BCUT2D eigenvalue weighted by molar-refractivity contribution is 5.98. The van der Waals surface area contributed by atoms with Crippen molar-refractivity contribution in [3.8, 4) is 0 Å². The van der Waals surface area contributed by atoms with Crippen LogP contribution in [0, 0.1) is 5.82 Å². The number of hydrogen-bond acceptors (Lipinski definition) is 2. The topological polar surface area (TPSA) is 32.3 Å². The highest BCUT2D eigenvalue weighted by Gasteiger charge is 2.33. The Morgan fingerprint density at radius 3 is 3.06 bits per heavy atom. The van der Waals surface area contributed by atoms with Gasteiger partial charge in [0.2, 0.25) is 0 Å². The Labute approximate surface area is 99.6 Å². The Balaban J connectivity index is 1.85. The van der Waals surface area contributed by atoms with Crippen molar-refractivity contribution in [1.29, 1.82) is 0 Å². The van der Waals surface area contributed by atoms with Crippen molar-refractivity contribution in [1.82, 2.24) is 10.2 Å². The van der Waals surface area contributed by atoms with E-state index in [1.807, 2.05) is 4.90 Å². The molecule has 1 atom stereocenters. The molecule has 17 heavy (non-hydrogen) atoms. The smallest absolute Gasteiger partial charge is 0.254 e. The van der Waals surface area contributed by atoms with Crippen molar-refractivity contribution in [2.45, 2.75) is 25.4 Å². The van der Waals surface area contributed by atoms with Gasteiger partial charge in [-0.2, -0.15) is 0 Å². The molecule has 1 N–H and O–H groups in total. The summed E-state index contributed by atoms with van der Waals surface area (Å²) in [5.74, 6) is -0.353. The molecule has 0 radical (unpaired) electrons. The lowest BCUT2D eigenvalue weighted by Crippen LogP contribution is -2.46. The van der Waals surface area contributed by atoms with Crippen LogP contribution >= 0.6 is 0 Å². The Kier molecular flexibility index (Phi) is 2.59. The lowest BCUT2D eigenvalue weighted by Gasteiger charge is -2.31. The first kappa shape index (κ1) is 10.7. The van der Waals surface area contributed by atoms with Crippen LogP contribution in [0.5, 0.6) is 0 Å². The molecule has 2 heterocycles.